The number of hydrogen-bond acceptors (Lipinski definition) is 2. The molecule has 17 heavy (non-hydrogen) atoms. The summed E-state index contributed by atoms with van der Waals surface area (Å²) in [5.41, 5.74) is 0.958. The molecule has 0 spiro atoms. The molecule has 0 saturated carbocycles. The molecule has 0 aliphatic heterocycles. The van der Waals surface area contributed by atoms with Crippen LogP contribution in [0.25, 0.3) is 10.8 Å². The van der Waals surface area contributed by atoms with Crippen LogP contribution in [0.3, 0.4) is 0 Å². The van der Waals surface area contributed by atoms with Gasteiger partial charge in [-0.15, -0.1) is 6.42 Å². The highest BCUT2D eigenvalue weighted by atomic mass is 14.9. The maximum atomic E-state index is 5.44. The molecule has 2 aromatic rings. The van der Waals surface area contributed by atoms with Gasteiger partial charge in [-0.05, 0) is 36.9 Å². The molecular formula is C15H16N2. The first-order chi connectivity index (χ1) is 8.11. The van der Waals surface area contributed by atoms with Crippen LogP contribution in [0.1, 0.15) is 19.4 Å². The second-order valence-electron chi connectivity index (χ2n) is 4.68. The number of terminal acetylenes is 1. The lowest BCUT2D eigenvalue weighted by molar-refractivity contribution is 0.491. The number of pyridine rings is 1. The maximum Gasteiger partial charge on any atom is 0.0743 e. The standard InChI is InChI=1S/C15H16N2/c1-4-15(2,3)17-10-12-5-6-14-11-16-8-7-13(14)9-12/h1,5-9,11,17H,10H2,2-3H3. The van der Waals surface area contributed by atoms with Gasteiger partial charge in [0.25, 0.3) is 0 Å². The monoisotopic (exact) mass is 224 g/mol. The number of aromatic nitrogens is 1. The minimum Gasteiger partial charge on any atom is -0.298 e. The molecule has 1 heterocycles. The number of nitrogens with one attached hydrogen (secondary N) is 1. The fourth-order valence-corrected chi connectivity index (χ4v) is 1.62. The van der Waals surface area contributed by atoms with Crippen molar-refractivity contribution in [3.63, 3.8) is 0 Å². The Morgan fingerprint density at radius 2 is 2.12 bits per heavy atom. The molecule has 1 aromatic heterocycles. The lowest BCUT2D eigenvalue weighted by atomic mass is 10.1. The highest BCUT2D eigenvalue weighted by Crippen LogP contribution is 2.15. The largest absolute Gasteiger partial charge is 0.298 e. The summed E-state index contributed by atoms with van der Waals surface area (Å²) in [6.45, 7) is 4.77. The van der Waals surface area contributed by atoms with Gasteiger partial charge in [-0.3, -0.25) is 10.3 Å². The topological polar surface area (TPSA) is 24.9 Å². The first kappa shape index (κ1) is 11.6. The molecule has 0 amide bonds. The van der Waals surface area contributed by atoms with Crippen LogP contribution in [-0.4, -0.2) is 10.5 Å². The third-order valence-corrected chi connectivity index (χ3v) is 2.80. The van der Waals surface area contributed by atoms with Crippen molar-refractivity contribution in [2.45, 2.75) is 25.9 Å². The molecule has 1 aromatic carbocycles. The fourth-order valence-electron chi connectivity index (χ4n) is 1.62. The smallest absolute Gasteiger partial charge is 0.0743 e. The van der Waals surface area contributed by atoms with Crippen molar-refractivity contribution in [3.8, 4) is 12.3 Å². The summed E-state index contributed by atoms with van der Waals surface area (Å²) in [6, 6.07) is 8.37. The van der Waals surface area contributed by atoms with Crippen LogP contribution in [0.2, 0.25) is 0 Å². The van der Waals surface area contributed by atoms with Crippen molar-refractivity contribution < 1.29 is 0 Å². The molecule has 1 N–H and O–H groups in total. The van der Waals surface area contributed by atoms with E-state index in [-0.39, 0.29) is 5.54 Å². The molecule has 2 nitrogen and oxygen atoms in total. The van der Waals surface area contributed by atoms with Gasteiger partial charge in [0.1, 0.15) is 0 Å². The van der Waals surface area contributed by atoms with Crippen LogP contribution in [0.4, 0.5) is 0 Å². The Bertz CT molecular complexity index is 564. The third kappa shape index (κ3) is 2.83. The van der Waals surface area contributed by atoms with E-state index in [9.17, 15) is 0 Å². The van der Waals surface area contributed by atoms with Crippen molar-refractivity contribution in [2.75, 3.05) is 0 Å². The minimum atomic E-state index is -0.271. The Hall–Kier alpha value is -1.85. The van der Waals surface area contributed by atoms with E-state index in [1.165, 1.54) is 10.9 Å². The van der Waals surface area contributed by atoms with Crippen LogP contribution >= 0.6 is 0 Å². The third-order valence-electron chi connectivity index (χ3n) is 2.80. The van der Waals surface area contributed by atoms with Gasteiger partial charge >= 0.3 is 0 Å². The predicted octanol–water partition coefficient (Wildman–Crippen LogP) is 2.74. The Kier molecular flexibility index (Phi) is 3.12. The zero-order chi connectivity index (χ0) is 12.3. The Morgan fingerprint density at radius 3 is 2.88 bits per heavy atom. The first-order valence-corrected chi connectivity index (χ1v) is 5.66. The van der Waals surface area contributed by atoms with Crippen molar-refractivity contribution in [1.82, 2.24) is 10.3 Å². The summed E-state index contributed by atoms with van der Waals surface area (Å²) >= 11 is 0. The van der Waals surface area contributed by atoms with Crippen LogP contribution < -0.4 is 5.32 Å². The van der Waals surface area contributed by atoms with Gasteiger partial charge in [-0.1, -0.05) is 18.1 Å². The normalized spacial score (nSPS) is 11.4. The van der Waals surface area contributed by atoms with Crippen LogP contribution in [-0.2, 0) is 6.54 Å². The highest BCUT2D eigenvalue weighted by molar-refractivity contribution is 5.81. The SMILES string of the molecule is C#CC(C)(C)NCc1ccc2cnccc2c1. The zero-order valence-electron chi connectivity index (χ0n) is 10.2. The Morgan fingerprint density at radius 1 is 1.29 bits per heavy atom. The molecule has 0 atom stereocenters. The van der Waals surface area contributed by atoms with E-state index in [2.05, 4.69) is 34.4 Å². The fraction of sp³-hybridized carbons (Fsp3) is 0.267. The number of fused-ring (bicyclic) bond motifs is 1. The molecule has 0 unspecified atom stereocenters. The molecule has 2 heteroatoms. The second-order valence-corrected chi connectivity index (χ2v) is 4.68. The first-order valence-electron chi connectivity index (χ1n) is 5.66. The van der Waals surface area contributed by atoms with Crippen LogP contribution in [0.5, 0.6) is 0 Å². The van der Waals surface area contributed by atoms with Gasteiger partial charge in [0.2, 0.25) is 0 Å². The van der Waals surface area contributed by atoms with Gasteiger partial charge < -0.3 is 0 Å². The van der Waals surface area contributed by atoms with E-state index >= 15 is 0 Å². The molecule has 2 rings (SSSR count). The minimum absolute atomic E-state index is 0.271. The van der Waals surface area contributed by atoms with Gasteiger partial charge in [0.15, 0.2) is 0 Å². The average molecular weight is 224 g/mol. The van der Waals surface area contributed by atoms with E-state index in [4.69, 9.17) is 6.42 Å². The molecule has 0 fully saturated rings. The highest BCUT2D eigenvalue weighted by Gasteiger charge is 2.11. The van der Waals surface area contributed by atoms with Gasteiger partial charge in [-0.2, -0.15) is 0 Å². The summed E-state index contributed by atoms with van der Waals surface area (Å²) in [6.07, 6.45) is 9.12. The zero-order valence-corrected chi connectivity index (χ0v) is 10.2. The second kappa shape index (κ2) is 4.57. The molecule has 0 aliphatic rings. The lowest BCUT2D eigenvalue weighted by Gasteiger charge is -2.19. The van der Waals surface area contributed by atoms with Crippen molar-refractivity contribution >= 4 is 10.8 Å². The van der Waals surface area contributed by atoms with Crippen molar-refractivity contribution in [3.05, 3.63) is 42.2 Å². The molecule has 86 valence electrons. The summed E-state index contributed by atoms with van der Waals surface area (Å²) in [4.78, 5) is 4.10. The van der Waals surface area contributed by atoms with E-state index in [1.807, 2.05) is 32.3 Å². The van der Waals surface area contributed by atoms with E-state index in [0.717, 1.165) is 11.9 Å². The Balaban J connectivity index is 2.18. The molecular weight excluding hydrogens is 208 g/mol. The quantitative estimate of drug-likeness (QED) is 0.811. The van der Waals surface area contributed by atoms with Crippen molar-refractivity contribution in [2.24, 2.45) is 0 Å². The van der Waals surface area contributed by atoms with Gasteiger partial charge in [0, 0.05) is 24.3 Å². The van der Waals surface area contributed by atoms with Crippen molar-refractivity contribution in [1.29, 1.82) is 0 Å². The summed E-state index contributed by atoms with van der Waals surface area (Å²) in [5, 5.41) is 5.70. The summed E-state index contributed by atoms with van der Waals surface area (Å²) in [5.74, 6) is 2.73. The number of nitrogens with zero attached hydrogens (tertiary/aromatic N) is 1. The number of hydrogen-bond donors (Lipinski definition) is 1. The van der Waals surface area contributed by atoms with E-state index < -0.39 is 0 Å². The number of benzene rings is 1. The number of rotatable bonds is 3. The van der Waals surface area contributed by atoms with Crippen LogP contribution in [0, 0.1) is 12.3 Å². The maximum absolute atomic E-state index is 5.44. The van der Waals surface area contributed by atoms with Crippen LogP contribution in [0.15, 0.2) is 36.7 Å². The van der Waals surface area contributed by atoms with Gasteiger partial charge in [-0.25, -0.2) is 0 Å². The van der Waals surface area contributed by atoms with Gasteiger partial charge in [0.05, 0.1) is 5.54 Å². The molecule has 0 radical (unpaired) electrons. The molecule has 0 saturated heterocycles. The average Bonchev–Trinajstić information content (AvgIpc) is 2.36. The molecule has 0 bridgehead atoms. The van der Waals surface area contributed by atoms with E-state index in [0.29, 0.717) is 0 Å². The molecule has 0 aliphatic carbocycles. The summed E-state index contributed by atoms with van der Waals surface area (Å²) < 4.78 is 0. The van der Waals surface area contributed by atoms with E-state index in [1.54, 1.807) is 0 Å². The summed E-state index contributed by atoms with van der Waals surface area (Å²) in [7, 11) is 0. The predicted molar refractivity (Wildman–Crippen MR) is 71.5 cm³/mol. The lowest BCUT2D eigenvalue weighted by Crippen LogP contribution is -2.36. The Labute approximate surface area is 102 Å².